The van der Waals surface area contributed by atoms with Gasteiger partial charge in [-0.05, 0) is 70.6 Å². The molecule has 9 heteroatoms. The number of amides is 4. The Morgan fingerprint density at radius 3 is 1.81 bits per heavy atom. The minimum atomic E-state index is -0.966. The number of nitrogens with one attached hydrogen (secondary N) is 3. The zero-order chi connectivity index (χ0) is 36.3. The molecule has 5 N–H and O–H groups in total. The Kier molecular flexibility index (Phi) is 12.3. The van der Waals surface area contributed by atoms with Crippen LogP contribution < -0.4 is 21.7 Å². The van der Waals surface area contributed by atoms with Crippen LogP contribution in [0.1, 0.15) is 36.0 Å². The summed E-state index contributed by atoms with van der Waals surface area (Å²) < 4.78 is 0. The van der Waals surface area contributed by atoms with Gasteiger partial charge in [0.25, 0.3) is 0 Å². The minimum Gasteiger partial charge on any atom is -0.370 e. The first-order chi connectivity index (χ1) is 25.3. The lowest BCUT2D eigenvalue weighted by molar-refractivity contribution is -0.138. The third-order valence-electron chi connectivity index (χ3n) is 9.92. The zero-order valence-corrected chi connectivity index (χ0v) is 29.4. The summed E-state index contributed by atoms with van der Waals surface area (Å²) in [5.41, 5.74) is 8.36. The van der Waals surface area contributed by atoms with Crippen molar-refractivity contribution in [3.63, 3.8) is 0 Å². The normalized spacial score (nSPS) is 14.4. The summed E-state index contributed by atoms with van der Waals surface area (Å²) in [6.45, 7) is 1.95. The van der Waals surface area contributed by atoms with Crippen LogP contribution in [-0.2, 0) is 38.4 Å². The second kappa shape index (κ2) is 17.6. The summed E-state index contributed by atoms with van der Waals surface area (Å²) in [6.07, 6.45) is 2.42. The standard InChI is InChI=1S/C43H47N5O4/c44-40(49)21-25-48(24-20-30-8-2-1-3-9-30)43(52)39(29-32-15-17-34-11-5-7-13-37(34)27-32)47-42(51)38(46-41(50)35-18-22-45-23-19-35)28-31-14-16-33-10-4-6-12-36(33)26-31/h1-17,26-27,35,38-39,45H,18-25,28-29H2,(H2,44,49)(H,46,50)(H,47,51). The van der Waals surface area contributed by atoms with Gasteiger partial charge < -0.3 is 26.6 Å². The fourth-order valence-corrected chi connectivity index (χ4v) is 6.96. The maximum atomic E-state index is 14.5. The number of piperidine rings is 1. The van der Waals surface area contributed by atoms with Gasteiger partial charge in [0.15, 0.2) is 0 Å². The Labute approximate surface area is 305 Å². The summed E-state index contributed by atoms with van der Waals surface area (Å²) in [4.78, 5) is 56.1. The van der Waals surface area contributed by atoms with Crippen LogP contribution in [0.2, 0.25) is 0 Å². The van der Waals surface area contributed by atoms with Crippen molar-refractivity contribution in [2.75, 3.05) is 26.2 Å². The molecular weight excluding hydrogens is 651 g/mol. The Balaban J connectivity index is 1.29. The lowest BCUT2D eigenvalue weighted by Crippen LogP contribution is -2.57. The third-order valence-corrected chi connectivity index (χ3v) is 9.92. The second-order valence-electron chi connectivity index (χ2n) is 13.7. The van der Waals surface area contributed by atoms with Crippen LogP contribution in [-0.4, -0.2) is 66.8 Å². The molecule has 5 aromatic carbocycles. The van der Waals surface area contributed by atoms with Crippen molar-refractivity contribution in [1.29, 1.82) is 0 Å². The van der Waals surface area contributed by atoms with E-state index in [1.165, 1.54) is 0 Å². The molecule has 0 radical (unpaired) electrons. The molecule has 1 heterocycles. The zero-order valence-electron chi connectivity index (χ0n) is 29.4. The van der Waals surface area contributed by atoms with Crippen LogP contribution in [0.5, 0.6) is 0 Å². The lowest BCUT2D eigenvalue weighted by Gasteiger charge is -2.30. The fourth-order valence-electron chi connectivity index (χ4n) is 6.96. The van der Waals surface area contributed by atoms with Crippen LogP contribution in [0.4, 0.5) is 0 Å². The Morgan fingerprint density at radius 1 is 0.654 bits per heavy atom. The molecule has 268 valence electrons. The second-order valence-corrected chi connectivity index (χ2v) is 13.7. The topological polar surface area (TPSA) is 134 Å². The van der Waals surface area contributed by atoms with Crippen molar-refractivity contribution in [2.45, 2.75) is 50.6 Å². The van der Waals surface area contributed by atoms with Crippen molar-refractivity contribution in [1.82, 2.24) is 20.9 Å². The number of carbonyl (C=O) groups is 4. The third kappa shape index (κ3) is 9.82. The summed E-state index contributed by atoms with van der Waals surface area (Å²) >= 11 is 0. The maximum Gasteiger partial charge on any atom is 0.245 e. The molecular formula is C43H47N5O4. The molecule has 1 aliphatic heterocycles. The smallest absolute Gasteiger partial charge is 0.245 e. The average Bonchev–Trinajstić information content (AvgIpc) is 3.17. The van der Waals surface area contributed by atoms with Gasteiger partial charge in [-0.3, -0.25) is 19.2 Å². The number of primary amides is 1. The first-order valence-electron chi connectivity index (χ1n) is 18.2. The summed E-state index contributed by atoms with van der Waals surface area (Å²) in [5.74, 6) is -1.62. The van der Waals surface area contributed by atoms with Crippen LogP contribution in [0.15, 0.2) is 115 Å². The van der Waals surface area contributed by atoms with Crippen molar-refractivity contribution in [2.24, 2.45) is 11.7 Å². The van der Waals surface area contributed by atoms with Gasteiger partial charge in [-0.15, -0.1) is 0 Å². The van der Waals surface area contributed by atoms with Gasteiger partial charge in [0.1, 0.15) is 12.1 Å². The first kappa shape index (κ1) is 36.3. The van der Waals surface area contributed by atoms with E-state index in [-0.39, 0.29) is 43.5 Å². The molecule has 6 rings (SSSR count). The summed E-state index contributed by atoms with van der Waals surface area (Å²) in [7, 11) is 0. The Morgan fingerprint density at radius 2 is 1.21 bits per heavy atom. The van der Waals surface area contributed by atoms with E-state index in [1.54, 1.807) is 4.90 Å². The molecule has 0 bridgehead atoms. The quantitative estimate of drug-likeness (QED) is 0.126. The van der Waals surface area contributed by atoms with E-state index >= 15 is 0 Å². The van der Waals surface area contributed by atoms with Crippen molar-refractivity contribution >= 4 is 45.2 Å². The van der Waals surface area contributed by atoms with Crippen molar-refractivity contribution < 1.29 is 19.2 Å². The maximum absolute atomic E-state index is 14.5. The Bertz CT molecular complexity index is 2010. The number of nitrogens with two attached hydrogens (primary N) is 1. The number of fused-ring (bicyclic) bond motifs is 2. The molecule has 0 saturated carbocycles. The lowest BCUT2D eigenvalue weighted by atomic mass is 9.95. The number of hydrogen-bond acceptors (Lipinski definition) is 5. The van der Waals surface area contributed by atoms with E-state index in [0.29, 0.717) is 25.8 Å². The van der Waals surface area contributed by atoms with Gasteiger partial charge in [0.05, 0.1) is 0 Å². The predicted molar refractivity (Wildman–Crippen MR) is 205 cm³/mol. The largest absolute Gasteiger partial charge is 0.370 e. The van der Waals surface area contributed by atoms with Gasteiger partial charge in [-0.1, -0.05) is 115 Å². The van der Waals surface area contributed by atoms with E-state index < -0.39 is 23.9 Å². The first-order valence-corrected chi connectivity index (χ1v) is 18.2. The molecule has 9 nitrogen and oxygen atoms in total. The van der Waals surface area contributed by atoms with Crippen LogP contribution >= 0.6 is 0 Å². The molecule has 5 aromatic rings. The highest BCUT2D eigenvalue weighted by Gasteiger charge is 2.32. The highest BCUT2D eigenvalue weighted by molar-refractivity contribution is 5.93. The molecule has 0 aliphatic carbocycles. The number of nitrogens with zero attached hydrogens (tertiary/aromatic N) is 1. The molecule has 4 amide bonds. The molecule has 1 saturated heterocycles. The van der Waals surface area contributed by atoms with Gasteiger partial charge in [0, 0.05) is 38.3 Å². The highest BCUT2D eigenvalue weighted by Crippen LogP contribution is 2.20. The van der Waals surface area contributed by atoms with E-state index in [2.05, 4.69) is 16.0 Å². The molecule has 2 atom stereocenters. The SMILES string of the molecule is NC(=O)CCN(CCc1ccccc1)C(=O)C(Cc1ccc2ccccc2c1)NC(=O)C(Cc1ccc2ccccc2c1)NC(=O)C1CCNCC1. The number of rotatable bonds is 15. The fraction of sp³-hybridized carbons (Fsp3) is 0.302. The van der Waals surface area contributed by atoms with Gasteiger partial charge >= 0.3 is 0 Å². The van der Waals surface area contributed by atoms with Crippen LogP contribution in [0, 0.1) is 5.92 Å². The summed E-state index contributed by atoms with van der Waals surface area (Å²) in [6, 6.07) is 36.0. The molecule has 52 heavy (non-hydrogen) atoms. The highest BCUT2D eigenvalue weighted by atomic mass is 16.2. The van der Waals surface area contributed by atoms with Gasteiger partial charge in [0.2, 0.25) is 23.6 Å². The van der Waals surface area contributed by atoms with E-state index in [4.69, 9.17) is 5.73 Å². The number of hydrogen-bond donors (Lipinski definition) is 4. The van der Waals surface area contributed by atoms with Crippen molar-refractivity contribution in [3.05, 3.63) is 132 Å². The van der Waals surface area contributed by atoms with E-state index in [1.807, 2.05) is 115 Å². The van der Waals surface area contributed by atoms with Gasteiger partial charge in [-0.25, -0.2) is 0 Å². The molecule has 1 aliphatic rings. The average molecular weight is 698 g/mol. The van der Waals surface area contributed by atoms with Crippen LogP contribution in [0.3, 0.4) is 0 Å². The monoisotopic (exact) mass is 697 g/mol. The number of carbonyl (C=O) groups excluding carboxylic acids is 4. The predicted octanol–water partition coefficient (Wildman–Crippen LogP) is 4.69. The van der Waals surface area contributed by atoms with Crippen molar-refractivity contribution in [3.8, 4) is 0 Å². The summed E-state index contributed by atoms with van der Waals surface area (Å²) in [5, 5.41) is 13.6. The van der Waals surface area contributed by atoms with E-state index in [9.17, 15) is 19.2 Å². The molecule has 0 spiro atoms. The van der Waals surface area contributed by atoms with Gasteiger partial charge in [-0.2, -0.15) is 0 Å². The number of benzene rings is 5. The molecule has 1 fully saturated rings. The molecule has 2 unspecified atom stereocenters. The van der Waals surface area contributed by atoms with E-state index in [0.717, 1.165) is 51.3 Å². The minimum absolute atomic E-state index is 0.00589. The Hall–Kier alpha value is -5.54. The molecule has 0 aromatic heterocycles. The van der Waals surface area contributed by atoms with Crippen LogP contribution in [0.25, 0.3) is 21.5 Å².